The Hall–Kier alpha value is -2.74. The van der Waals surface area contributed by atoms with Gasteiger partial charge in [-0.05, 0) is 31.4 Å². The zero-order valence-electron chi connectivity index (χ0n) is 16.9. The molecule has 8 heteroatoms. The molecule has 28 heavy (non-hydrogen) atoms. The summed E-state index contributed by atoms with van der Waals surface area (Å²) >= 11 is 1.09. The van der Waals surface area contributed by atoms with Crippen LogP contribution in [0.15, 0.2) is 24.5 Å². The van der Waals surface area contributed by atoms with Gasteiger partial charge in [-0.2, -0.15) is 4.57 Å². The lowest BCUT2D eigenvalue weighted by molar-refractivity contribution is -0.684. The molecule has 0 unspecified atom stereocenters. The van der Waals surface area contributed by atoms with Crippen LogP contribution in [0.4, 0.5) is 5.00 Å². The number of amides is 2. The van der Waals surface area contributed by atoms with Gasteiger partial charge in [0.1, 0.15) is 5.00 Å². The van der Waals surface area contributed by atoms with Gasteiger partial charge >= 0.3 is 5.97 Å². The topological polar surface area (TPSA) is 79.6 Å². The molecule has 0 aliphatic rings. The SMILES string of the molecule is CCOC(=O)c1c(NC(=O)C[n+]2ccc(CC)cc2)sc(C(=O)N(C)C)c1C. The number of rotatable bonds is 7. The summed E-state index contributed by atoms with van der Waals surface area (Å²) in [6.45, 7) is 5.76. The van der Waals surface area contributed by atoms with Gasteiger partial charge < -0.3 is 15.0 Å². The van der Waals surface area contributed by atoms with Crippen LogP contribution in [-0.2, 0) is 22.5 Å². The van der Waals surface area contributed by atoms with Gasteiger partial charge in [0.2, 0.25) is 6.54 Å². The number of aromatic nitrogens is 1. The molecule has 2 amide bonds. The van der Waals surface area contributed by atoms with Crippen molar-refractivity contribution in [3.05, 3.63) is 46.1 Å². The normalized spacial score (nSPS) is 10.5. The van der Waals surface area contributed by atoms with E-state index in [0.29, 0.717) is 15.4 Å². The van der Waals surface area contributed by atoms with Crippen molar-refractivity contribution in [3.8, 4) is 0 Å². The van der Waals surface area contributed by atoms with E-state index in [1.165, 1.54) is 10.5 Å². The van der Waals surface area contributed by atoms with E-state index in [1.807, 2.05) is 24.5 Å². The number of anilines is 1. The average Bonchev–Trinajstić information content (AvgIpc) is 2.97. The summed E-state index contributed by atoms with van der Waals surface area (Å²) in [5.74, 6) is -1.06. The Morgan fingerprint density at radius 1 is 1.18 bits per heavy atom. The number of carbonyl (C=O) groups is 3. The standard InChI is InChI=1S/C20H25N3O4S/c1-6-14-8-10-23(11-9-14)12-15(24)21-18-16(20(26)27-7-2)13(3)17(28-18)19(25)22(4)5/h8-11H,6-7,12H2,1-5H3/p+1. The van der Waals surface area contributed by atoms with Crippen molar-refractivity contribution in [3.63, 3.8) is 0 Å². The highest BCUT2D eigenvalue weighted by Gasteiger charge is 2.27. The second kappa shape index (κ2) is 9.45. The Labute approximate surface area is 168 Å². The highest BCUT2D eigenvalue weighted by atomic mass is 32.1. The predicted molar refractivity (Wildman–Crippen MR) is 108 cm³/mol. The molecule has 0 aliphatic heterocycles. The number of aryl methyl sites for hydroxylation is 1. The van der Waals surface area contributed by atoms with Crippen LogP contribution in [0.25, 0.3) is 0 Å². The molecule has 1 N–H and O–H groups in total. The molecule has 0 saturated carbocycles. The number of esters is 1. The maximum atomic E-state index is 12.5. The van der Waals surface area contributed by atoms with Crippen LogP contribution in [0, 0.1) is 6.92 Å². The number of pyridine rings is 1. The number of hydrogen-bond donors (Lipinski definition) is 1. The van der Waals surface area contributed by atoms with Gasteiger partial charge in [0, 0.05) is 26.2 Å². The van der Waals surface area contributed by atoms with Crippen molar-refractivity contribution in [2.45, 2.75) is 33.7 Å². The van der Waals surface area contributed by atoms with Crippen LogP contribution in [-0.4, -0.2) is 43.4 Å². The van der Waals surface area contributed by atoms with Crippen molar-refractivity contribution in [2.75, 3.05) is 26.0 Å². The Kier molecular flexibility index (Phi) is 7.28. The quantitative estimate of drug-likeness (QED) is 0.568. The number of carbonyl (C=O) groups excluding carboxylic acids is 3. The fourth-order valence-electron chi connectivity index (χ4n) is 2.62. The number of nitrogens with one attached hydrogen (secondary N) is 1. The van der Waals surface area contributed by atoms with E-state index in [4.69, 9.17) is 4.74 Å². The van der Waals surface area contributed by atoms with Crippen molar-refractivity contribution in [1.82, 2.24) is 4.90 Å². The molecule has 0 aliphatic carbocycles. The first-order valence-electron chi connectivity index (χ1n) is 9.08. The molecular weight excluding hydrogens is 378 g/mol. The summed E-state index contributed by atoms with van der Waals surface area (Å²) in [5.41, 5.74) is 1.93. The number of hydrogen-bond acceptors (Lipinski definition) is 5. The molecule has 0 radical (unpaired) electrons. The van der Waals surface area contributed by atoms with E-state index in [9.17, 15) is 14.4 Å². The van der Waals surface area contributed by atoms with Crippen LogP contribution in [0.2, 0.25) is 0 Å². The van der Waals surface area contributed by atoms with Crippen molar-refractivity contribution in [1.29, 1.82) is 0 Å². The average molecular weight is 405 g/mol. The van der Waals surface area contributed by atoms with Crippen molar-refractivity contribution >= 4 is 34.1 Å². The Balaban J connectivity index is 2.28. The minimum atomic E-state index is -0.552. The Morgan fingerprint density at radius 3 is 2.36 bits per heavy atom. The number of ether oxygens (including phenoxy) is 1. The molecule has 2 heterocycles. The van der Waals surface area contributed by atoms with Crippen LogP contribution < -0.4 is 9.88 Å². The predicted octanol–water partition coefficient (Wildman–Crippen LogP) is 2.42. The molecule has 0 atom stereocenters. The Morgan fingerprint density at radius 2 is 1.82 bits per heavy atom. The van der Waals surface area contributed by atoms with E-state index in [1.54, 1.807) is 32.5 Å². The summed E-state index contributed by atoms with van der Waals surface area (Å²) in [5, 5.41) is 3.10. The highest BCUT2D eigenvalue weighted by molar-refractivity contribution is 7.18. The lowest BCUT2D eigenvalue weighted by Crippen LogP contribution is -2.39. The molecule has 0 aromatic carbocycles. The van der Waals surface area contributed by atoms with Crippen molar-refractivity contribution < 1.29 is 23.7 Å². The fraction of sp³-hybridized carbons (Fsp3) is 0.400. The molecule has 2 aromatic rings. The molecule has 2 rings (SSSR count). The molecule has 2 aromatic heterocycles. The van der Waals surface area contributed by atoms with E-state index in [-0.39, 0.29) is 30.5 Å². The van der Waals surface area contributed by atoms with Crippen LogP contribution >= 0.6 is 11.3 Å². The van der Waals surface area contributed by atoms with E-state index in [0.717, 1.165) is 17.8 Å². The molecule has 150 valence electrons. The van der Waals surface area contributed by atoms with Gasteiger partial charge in [0.15, 0.2) is 12.4 Å². The molecule has 0 saturated heterocycles. The summed E-state index contributed by atoms with van der Waals surface area (Å²) in [4.78, 5) is 39.2. The smallest absolute Gasteiger partial charge is 0.341 e. The van der Waals surface area contributed by atoms with Crippen LogP contribution in [0.3, 0.4) is 0 Å². The molecule has 0 fully saturated rings. The number of nitrogens with zero attached hydrogens (tertiary/aromatic N) is 2. The van der Waals surface area contributed by atoms with Gasteiger partial charge in [-0.15, -0.1) is 11.3 Å². The second-order valence-corrected chi connectivity index (χ2v) is 7.48. The number of thiophene rings is 1. The first-order chi connectivity index (χ1) is 13.3. The van der Waals surface area contributed by atoms with E-state index >= 15 is 0 Å². The van der Waals surface area contributed by atoms with Crippen LogP contribution in [0.1, 0.15) is 45.0 Å². The lowest BCUT2D eigenvalue weighted by atomic mass is 10.1. The molecule has 7 nitrogen and oxygen atoms in total. The minimum absolute atomic E-state index is 0.0974. The van der Waals surface area contributed by atoms with Crippen molar-refractivity contribution in [2.24, 2.45) is 0 Å². The zero-order valence-corrected chi connectivity index (χ0v) is 17.7. The third-order valence-electron chi connectivity index (χ3n) is 4.17. The van der Waals surface area contributed by atoms with Gasteiger partial charge in [-0.1, -0.05) is 6.92 Å². The first-order valence-corrected chi connectivity index (χ1v) is 9.90. The van der Waals surface area contributed by atoms with Crippen LogP contribution in [0.5, 0.6) is 0 Å². The lowest BCUT2D eigenvalue weighted by Gasteiger charge is -2.09. The van der Waals surface area contributed by atoms with E-state index < -0.39 is 5.97 Å². The maximum Gasteiger partial charge on any atom is 0.341 e. The second-order valence-electron chi connectivity index (χ2n) is 6.46. The maximum absolute atomic E-state index is 12.5. The monoisotopic (exact) mass is 404 g/mol. The summed E-state index contributed by atoms with van der Waals surface area (Å²) in [6.07, 6.45) is 4.60. The largest absolute Gasteiger partial charge is 0.462 e. The highest BCUT2D eigenvalue weighted by Crippen LogP contribution is 2.34. The third-order valence-corrected chi connectivity index (χ3v) is 5.37. The zero-order chi connectivity index (χ0) is 20.8. The Bertz CT molecular complexity index is 872. The van der Waals surface area contributed by atoms with Gasteiger partial charge in [0.25, 0.3) is 11.8 Å². The molecule has 0 spiro atoms. The first kappa shape index (κ1) is 21.6. The fourth-order valence-corrected chi connectivity index (χ4v) is 3.85. The van der Waals surface area contributed by atoms with Gasteiger partial charge in [0.05, 0.1) is 17.0 Å². The third kappa shape index (κ3) is 4.95. The molecular formula is C20H26N3O4S+. The molecule has 0 bridgehead atoms. The van der Waals surface area contributed by atoms with Gasteiger partial charge in [-0.25, -0.2) is 4.79 Å². The van der Waals surface area contributed by atoms with E-state index in [2.05, 4.69) is 12.2 Å². The van der Waals surface area contributed by atoms with Gasteiger partial charge in [-0.3, -0.25) is 9.59 Å². The summed E-state index contributed by atoms with van der Waals surface area (Å²) < 4.78 is 6.87. The summed E-state index contributed by atoms with van der Waals surface area (Å²) in [7, 11) is 3.28. The summed E-state index contributed by atoms with van der Waals surface area (Å²) in [6, 6.07) is 3.92. The minimum Gasteiger partial charge on any atom is -0.462 e.